The number of likely N-dealkylation sites (tertiary alicyclic amines) is 1. The van der Waals surface area contributed by atoms with Gasteiger partial charge in [-0.25, -0.2) is 13.8 Å². The summed E-state index contributed by atoms with van der Waals surface area (Å²) in [4.78, 5) is 18.6. The summed E-state index contributed by atoms with van der Waals surface area (Å²) in [5.74, 6) is 1.85. The normalized spacial score (nSPS) is 24.9. The van der Waals surface area contributed by atoms with Crippen LogP contribution in [0.25, 0.3) is 16.9 Å². The molecule has 1 N–H and O–H groups in total. The van der Waals surface area contributed by atoms with Gasteiger partial charge in [0.2, 0.25) is 5.95 Å². The van der Waals surface area contributed by atoms with E-state index in [2.05, 4.69) is 27.0 Å². The number of benzene rings is 1. The fourth-order valence-corrected chi connectivity index (χ4v) is 6.39. The number of halogens is 2. The number of nitrogens with zero attached hydrogens (tertiary/aromatic N) is 6. The van der Waals surface area contributed by atoms with Crippen molar-refractivity contribution in [2.24, 2.45) is 5.92 Å². The zero-order valence-corrected chi connectivity index (χ0v) is 22.0. The summed E-state index contributed by atoms with van der Waals surface area (Å²) in [6, 6.07) is 10.4. The van der Waals surface area contributed by atoms with Crippen molar-refractivity contribution < 1.29 is 13.5 Å². The van der Waals surface area contributed by atoms with Crippen molar-refractivity contribution in [1.82, 2.24) is 24.4 Å². The van der Waals surface area contributed by atoms with Gasteiger partial charge in [0.1, 0.15) is 11.6 Å². The van der Waals surface area contributed by atoms with Crippen molar-refractivity contribution in [1.29, 1.82) is 0 Å². The lowest BCUT2D eigenvalue weighted by molar-refractivity contribution is 0.122. The second-order valence-corrected chi connectivity index (χ2v) is 10.9. The van der Waals surface area contributed by atoms with Crippen LogP contribution in [0.4, 0.5) is 20.5 Å². The standard InChI is InChI=1S/C28H37F2N7O/c1-19-5-4-12-36(19)21-10-8-20(9-11-21)18-31-24-17-25(34-28(33-24)35-13-15-38-16-14-35)37-23-7-3-2-6-22(23)32-27(37)26(29)30/h2-3,6-7,17,19-21,26H,4-5,8-16,18H2,1H3,(H,31,33,34)/t19-,20?,21?/m1/s1. The number of fused-ring (bicyclic) bond motifs is 1. The summed E-state index contributed by atoms with van der Waals surface area (Å²) >= 11 is 0. The van der Waals surface area contributed by atoms with E-state index in [1.54, 1.807) is 24.3 Å². The molecule has 3 aliphatic rings. The molecule has 3 aromatic rings. The average Bonchev–Trinajstić information content (AvgIpc) is 3.56. The molecular formula is C28H37F2N7O. The highest BCUT2D eigenvalue weighted by Crippen LogP contribution is 2.33. The minimum atomic E-state index is -2.73. The highest BCUT2D eigenvalue weighted by molar-refractivity contribution is 5.78. The quantitative estimate of drug-likeness (QED) is 0.463. The topological polar surface area (TPSA) is 71.3 Å². The second kappa shape index (κ2) is 11.1. The summed E-state index contributed by atoms with van der Waals surface area (Å²) in [6.07, 6.45) is 4.78. The second-order valence-electron chi connectivity index (χ2n) is 10.9. The molecule has 2 saturated heterocycles. The molecule has 3 fully saturated rings. The number of rotatable bonds is 7. The van der Waals surface area contributed by atoms with Gasteiger partial charge in [0.05, 0.1) is 24.2 Å². The van der Waals surface area contributed by atoms with Gasteiger partial charge in [-0.05, 0) is 70.0 Å². The molecule has 1 atom stereocenters. The zero-order chi connectivity index (χ0) is 26.1. The fraction of sp³-hybridized carbons (Fsp3) is 0.607. The molecule has 0 amide bonds. The molecule has 0 bridgehead atoms. The van der Waals surface area contributed by atoms with Crippen LogP contribution >= 0.6 is 0 Å². The Morgan fingerprint density at radius 1 is 1.00 bits per heavy atom. The first-order valence-corrected chi connectivity index (χ1v) is 14.0. The van der Waals surface area contributed by atoms with Crippen molar-refractivity contribution >= 4 is 22.8 Å². The van der Waals surface area contributed by atoms with Gasteiger partial charge < -0.3 is 15.0 Å². The van der Waals surface area contributed by atoms with Crippen LogP contribution in [0.15, 0.2) is 30.3 Å². The number of imidazole rings is 1. The minimum absolute atomic E-state index is 0.307. The highest BCUT2D eigenvalue weighted by atomic mass is 19.3. The maximum atomic E-state index is 14.1. The number of aromatic nitrogens is 4. The molecule has 1 saturated carbocycles. The fourth-order valence-electron chi connectivity index (χ4n) is 6.39. The number of nitrogens with one attached hydrogen (secondary N) is 1. The van der Waals surface area contributed by atoms with Crippen LogP contribution in [0, 0.1) is 5.92 Å². The van der Waals surface area contributed by atoms with E-state index in [-0.39, 0.29) is 5.82 Å². The number of alkyl halides is 2. The highest BCUT2D eigenvalue weighted by Gasteiger charge is 2.31. The molecular weight excluding hydrogens is 488 g/mol. The van der Waals surface area contributed by atoms with E-state index in [1.807, 2.05) is 6.07 Å². The van der Waals surface area contributed by atoms with E-state index >= 15 is 0 Å². The predicted octanol–water partition coefficient (Wildman–Crippen LogP) is 5.04. The lowest BCUT2D eigenvalue weighted by Gasteiger charge is -2.37. The van der Waals surface area contributed by atoms with Gasteiger partial charge in [-0.3, -0.25) is 9.47 Å². The summed E-state index contributed by atoms with van der Waals surface area (Å²) in [6.45, 7) is 6.92. The number of ether oxygens (including phenoxy) is 1. The summed E-state index contributed by atoms with van der Waals surface area (Å²) in [7, 11) is 0. The number of morpholine rings is 1. The van der Waals surface area contributed by atoms with Crippen LogP contribution in [-0.2, 0) is 4.74 Å². The lowest BCUT2D eigenvalue weighted by atomic mass is 9.85. The van der Waals surface area contributed by atoms with E-state index in [0.29, 0.717) is 72.9 Å². The Hall–Kier alpha value is -2.85. The summed E-state index contributed by atoms with van der Waals surface area (Å²) < 4.78 is 35.2. The number of hydrogen-bond donors (Lipinski definition) is 1. The molecule has 10 heteroatoms. The van der Waals surface area contributed by atoms with Crippen molar-refractivity contribution in [3.63, 3.8) is 0 Å². The Morgan fingerprint density at radius 3 is 2.53 bits per heavy atom. The molecule has 2 aromatic heterocycles. The van der Waals surface area contributed by atoms with Crippen molar-refractivity contribution in [2.45, 2.75) is 64.0 Å². The number of para-hydroxylation sites is 2. The molecule has 8 nitrogen and oxygen atoms in total. The van der Waals surface area contributed by atoms with Gasteiger partial charge in [-0.2, -0.15) is 9.97 Å². The third kappa shape index (κ3) is 5.20. The molecule has 0 unspecified atom stereocenters. The van der Waals surface area contributed by atoms with Crippen molar-refractivity contribution in [2.75, 3.05) is 49.6 Å². The molecule has 38 heavy (non-hydrogen) atoms. The Bertz CT molecular complexity index is 1240. The monoisotopic (exact) mass is 525 g/mol. The first-order valence-electron chi connectivity index (χ1n) is 14.0. The molecule has 1 aliphatic carbocycles. The van der Waals surface area contributed by atoms with E-state index in [4.69, 9.17) is 14.7 Å². The molecule has 0 radical (unpaired) electrons. The zero-order valence-electron chi connectivity index (χ0n) is 22.0. The Balaban J connectivity index is 1.24. The van der Waals surface area contributed by atoms with Gasteiger partial charge in [0.25, 0.3) is 6.43 Å². The molecule has 6 rings (SSSR count). The van der Waals surface area contributed by atoms with E-state index in [0.717, 1.165) is 6.54 Å². The minimum Gasteiger partial charge on any atom is -0.378 e. The van der Waals surface area contributed by atoms with E-state index in [9.17, 15) is 8.78 Å². The van der Waals surface area contributed by atoms with Crippen molar-refractivity contribution in [3.05, 3.63) is 36.2 Å². The van der Waals surface area contributed by atoms with Crippen LogP contribution in [0.1, 0.15) is 57.7 Å². The molecule has 204 valence electrons. The largest absolute Gasteiger partial charge is 0.378 e. The predicted molar refractivity (Wildman–Crippen MR) is 144 cm³/mol. The molecule has 0 spiro atoms. The maximum absolute atomic E-state index is 14.1. The van der Waals surface area contributed by atoms with Gasteiger partial charge in [-0.15, -0.1) is 0 Å². The van der Waals surface area contributed by atoms with Crippen LogP contribution < -0.4 is 10.2 Å². The van der Waals surface area contributed by atoms with Gasteiger partial charge in [0, 0.05) is 37.8 Å². The van der Waals surface area contributed by atoms with Gasteiger partial charge in [-0.1, -0.05) is 12.1 Å². The van der Waals surface area contributed by atoms with Crippen LogP contribution in [0.5, 0.6) is 0 Å². The molecule has 2 aliphatic heterocycles. The Kier molecular flexibility index (Phi) is 7.43. The third-order valence-electron chi connectivity index (χ3n) is 8.47. The van der Waals surface area contributed by atoms with Gasteiger partial charge >= 0.3 is 0 Å². The Labute approximate surface area is 222 Å². The SMILES string of the molecule is C[C@@H]1CCCN1C1CCC(CNc2cc(-n3c(C(F)F)nc4ccccc43)nc(N3CCOCC3)n2)CC1. The molecule has 4 heterocycles. The number of hydrogen-bond acceptors (Lipinski definition) is 7. The third-order valence-corrected chi connectivity index (χ3v) is 8.47. The van der Waals surface area contributed by atoms with Crippen molar-refractivity contribution in [3.8, 4) is 5.82 Å². The van der Waals surface area contributed by atoms with Gasteiger partial charge in [0.15, 0.2) is 5.82 Å². The Morgan fingerprint density at radius 2 is 1.79 bits per heavy atom. The van der Waals surface area contributed by atoms with E-state index < -0.39 is 6.43 Å². The lowest BCUT2D eigenvalue weighted by Crippen LogP contribution is -2.40. The van der Waals surface area contributed by atoms with Crippen LogP contribution in [-0.4, -0.2) is 75.9 Å². The summed E-state index contributed by atoms with van der Waals surface area (Å²) in [5, 5.41) is 3.54. The summed E-state index contributed by atoms with van der Waals surface area (Å²) in [5.41, 5.74) is 1.13. The molecule has 1 aromatic carbocycles. The van der Waals surface area contributed by atoms with E-state index in [1.165, 1.54) is 49.6 Å². The van der Waals surface area contributed by atoms with Crippen LogP contribution in [0.2, 0.25) is 0 Å². The average molecular weight is 526 g/mol. The first-order chi connectivity index (χ1) is 18.6. The number of anilines is 2. The maximum Gasteiger partial charge on any atom is 0.296 e. The van der Waals surface area contributed by atoms with Crippen LogP contribution in [0.3, 0.4) is 0 Å². The smallest absolute Gasteiger partial charge is 0.296 e. The first kappa shape index (κ1) is 25.4.